The first kappa shape index (κ1) is 26.4. The number of carbonyl (C=O) groups is 2. The van der Waals surface area contributed by atoms with Crippen LogP contribution in [0.4, 0.5) is 4.39 Å². The summed E-state index contributed by atoms with van der Waals surface area (Å²) in [5, 5.41) is 13.5. The monoisotopic (exact) mass is 482 g/mol. The number of rotatable bonds is 9. The Balaban J connectivity index is 2.08. The van der Waals surface area contributed by atoms with Crippen LogP contribution in [0.3, 0.4) is 0 Å². The molecule has 0 bridgehead atoms. The van der Waals surface area contributed by atoms with Crippen molar-refractivity contribution >= 4 is 17.4 Å². The van der Waals surface area contributed by atoms with Crippen LogP contribution in [-0.2, 0) is 9.59 Å². The number of ether oxygens (including phenoxy) is 1. The molecule has 0 aromatic heterocycles. The molecule has 188 valence electrons. The van der Waals surface area contributed by atoms with E-state index in [1.54, 1.807) is 13.8 Å². The molecule has 1 aliphatic heterocycles. The minimum Gasteiger partial charge on any atom is -0.872 e. The second-order valence-electron chi connectivity index (χ2n) is 9.92. The fourth-order valence-electron chi connectivity index (χ4n) is 4.26. The van der Waals surface area contributed by atoms with Crippen molar-refractivity contribution in [1.29, 1.82) is 0 Å². The topological polar surface area (TPSA) is 74.1 Å². The summed E-state index contributed by atoms with van der Waals surface area (Å²) in [4.78, 5) is 28.8. The third-order valence-corrected chi connectivity index (χ3v) is 6.08. The second-order valence-corrected chi connectivity index (χ2v) is 9.92. The highest BCUT2D eigenvalue weighted by Crippen LogP contribution is 2.39. The number of benzene rings is 2. The molecule has 1 amide bonds. The van der Waals surface area contributed by atoms with Crippen LogP contribution in [0.5, 0.6) is 5.75 Å². The van der Waals surface area contributed by atoms with Crippen molar-refractivity contribution in [1.82, 2.24) is 4.90 Å². The van der Waals surface area contributed by atoms with E-state index in [0.717, 1.165) is 18.2 Å². The Labute approximate surface area is 207 Å². The summed E-state index contributed by atoms with van der Waals surface area (Å²) in [6.45, 7) is 8.87. The lowest BCUT2D eigenvalue weighted by molar-refractivity contribution is -0.858. The number of hydrogen-bond donors (Lipinski definition) is 1. The molecule has 6 nitrogen and oxygen atoms in total. The molecule has 1 unspecified atom stereocenters. The molecule has 1 fully saturated rings. The summed E-state index contributed by atoms with van der Waals surface area (Å²) < 4.78 is 20.1. The molecular weight excluding hydrogens is 447 g/mol. The molecule has 1 atom stereocenters. The standard InChI is InChI=1S/C28H35FN2O4/c1-17(2)19-8-10-20(11-9-19)25-24(27(33)28(34)31(25)15-7-14-30(5)6)26(32)21-12-13-23(22(29)16-21)35-18(3)4/h8-13,16-18,25,32H,7,14-15H2,1-6H3. The van der Waals surface area contributed by atoms with Gasteiger partial charge in [0.1, 0.15) is 0 Å². The second kappa shape index (κ2) is 11.0. The van der Waals surface area contributed by atoms with Gasteiger partial charge < -0.3 is 19.6 Å². The molecule has 0 spiro atoms. The molecule has 1 aliphatic rings. The maximum Gasteiger partial charge on any atom is 0.295 e. The van der Waals surface area contributed by atoms with E-state index in [1.165, 1.54) is 21.9 Å². The van der Waals surface area contributed by atoms with Gasteiger partial charge in [-0.2, -0.15) is 0 Å². The molecule has 1 N–H and O–H groups in total. The number of hydrogen-bond acceptors (Lipinski definition) is 4. The minimum absolute atomic E-state index is 0.0122. The molecule has 2 aromatic carbocycles. The van der Waals surface area contributed by atoms with Crippen LogP contribution >= 0.6 is 0 Å². The summed E-state index contributed by atoms with van der Waals surface area (Å²) >= 11 is 0. The fourth-order valence-corrected chi connectivity index (χ4v) is 4.26. The summed E-state index contributed by atoms with van der Waals surface area (Å²) in [6, 6.07) is 10.7. The number of Topliss-reactive ketones (excluding diaryl/α,β-unsaturated/α-hetero) is 1. The van der Waals surface area contributed by atoms with E-state index < -0.39 is 29.3 Å². The zero-order valence-electron chi connectivity index (χ0n) is 21.4. The van der Waals surface area contributed by atoms with Crippen LogP contribution in [0.25, 0.3) is 5.76 Å². The van der Waals surface area contributed by atoms with E-state index in [9.17, 15) is 19.1 Å². The molecule has 35 heavy (non-hydrogen) atoms. The van der Waals surface area contributed by atoms with Crippen molar-refractivity contribution in [2.75, 3.05) is 27.2 Å². The van der Waals surface area contributed by atoms with Gasteiger partial charge in [-0.05, 0) is 48.6 Å². The lowest BCUT2D eigenvalue weighted by Crippen LogP contribution is -3.05. The van der Waals surface area contributed by atoms with Gasteiger partial charge >= 0.3 is 0 Å². The van der Waals surface area contributed by atoms with E-state index in [1.807, 2.05) is 38.4 Å². The SMILES string of the molecule is CC(C)Oc1ccc(C([O-])=C2C(=O)C(=O)N(CCC[NH+](C)C)C2c2ccc(C(C)C)cc2)cc1F. The highest BCUT2D eigenvalue weighted by Gasteiger charge is 2.44. The summed E-state index contributed by atoms with van der Waals surface area (Å²) in [5.74, 6) is -2.50. The van der Waals surface area contributed by atoms with Crippen molar-refractivity contribution in [2.45, 2.75) is 52.2 Å². The first-order chi connectivity index (χ1) is 16.5. The van der Waals surface area contributed by atoms with Crippen molar-refractivity contribution in [2.24, 2.45) is 0 Å². The zero-order chi connectivity index (χ0) is 25.9. The number of nitrogens with one attached hydrogen (secondary N) is 1. The van der Waals surface area contributed by atoms with Crippen molar-refractivity contribution < 1.29 is 28.7 Å². The lowest BCUT2D eigenvalue weighted by atomic mass is 9.93. The zero-order valence-corrected chi connectivity index (χ0v) is 21.4. The van der Waals surface area contributed by atoms with Crippen molar-refractivity contribution in [3.05, 3.63) is 70.5 Å². The third kappa shape index (κ3) is 5.90. The molecule has 1 saturated heterocycles. The predicted octanol–water partition coefficient (Wildman–Crippen LogP) is 2.49. The number of halogens is 1. The van der Waals surface area contributed by atoms with Gasteiger partial charge in [0.2, 0.25) is 5.78 Å². The Bertz CT molecular complexity index is 1110. The molecule has 7 heteroatoms. The fraction of sp³-hybridized carbons (Fsp3) is 0.429. The van der Waals surface area contributed by atoms with E-state index in [2.05, 4.69) is 13.8 Å². The Morgan fingerprint density at radius 2 is 1.74 bits per heavy atom. The van der Waals surface area contributed by atoms with Gasteiger partial charge in [0.25, 0.3) is 5.91 Å². The Kier molecular flexibility index (Phi) is 8.33. The quantitative estimate of drug-likeness (QED) is 0.339. The summed E-state index contributed by atoms with van der Waals surface area (Å²) in [6.07, 6.45) is 0.449. The molecule has 0 radical (unpaired) electrons. The predicted molar refractivity (Wildman–Crippen MR) is 131 cm³/mol. The smallest absolute Gasteiger partial charge is 0.295 e. The number of ketones is 1. The lowest BCUT2D eigenvalue weighted by Gasteiger charge is -2.28. The van der Waals surface area contributed by atoms with Crippen molar-refractivity contribution in [3.63, 3.8) is 0 Å². The van der Waals surface area contributed by atoms with Gasteiger partial charge in [-0.1, -0.05) is 49.9 Å². The molecule has 0 aliphatic carbocycles. The average Bonchev–Trinajstić information content (AvgIpc) is 3.04. The van der Waals surface area contributed by atoms with Crippen LogP contribution in [0, 0.1) is 5.82 Å². The van der Waals surface area contributed by atoms with Gasteiger partial charge in [0.05, 0.1) is 32.8 Å². The van der Waals surface area contributed by atoms with E-state index in [-0.39, 0.29) is 23.0 Å². The normalized spacial score (nSPS) is 17.8. The third-order valence-electron chi connectivity index (χ3n) is 6.08. The Morgan fingerprint density at radius 3 is 2.29 bits per heavy atom. The summed E-state index contributed by atoms with van der Waals surface area (Å²) in [7, 11) is 4.03. The van der Waals surface area contributed by atoms with Gasteiger partial charge in [0, 0.05) is 18.5 Å². The van der Waals surface area contributed by atoms with Crippen LogP contribution in [-0.4, -0.2) is 49.9 Å². The molecule has 3 rings (SSSR count). The average molecular weight is 483 g/mol. The van der Waals surface area contributed by atoms with Crippen LogP contribution in [0.1, 0.15) is 62.8 Å². The van der Waals surface area contributed by atoms with Crippen LogP contribution in [0.15, 0.2) is 48.0 Å². The van der Waals surface area contributed by atoms with Gasteiger partial charge in [0.15, 0.2) is 11.6 Å². The Morgan fingerprint density at radius 1 is 1.09 bits per heavy atom. The number of amides is 1. The number of carbonyl (C=O) groups excluding carboxylic acids is 2. The minimum atomic E-state index is -0.826. The first-order valence-corrected chi connectivity index (χ1v) is 12.1. The Hall–Kier alpha value is -3.19. The van der Waals surface area contributed by atoms with E-state index in [0.29, 0.717) is 24.4 Å². The number of likely N-dealkylation sites (tertiary alicyclic amines) is 1. The van der Waals surface area contributed by atoms with Gasteiger partial charge in [-0.15, -0.1) is 0 Å². The maximum absolute atomic E-state index is 14.6. The highest BCUT2D eigenvalue weighted by molar-refractivity contribution is 6.46. The van der Waals surface area contributed by atoms with Crippen LogP contribution in [0.2, 0.25) is 0 Å². The highest BCUT2D eigenvalue weighted by atomic mass is 19.1. The van der Waals surface area contributed by atoms with E-state index in [4.69, 9.17) is 4.74 Å². The molecule has 2 aromatic rings. The maximum atomic E-state index is 14.6. The van der Waals surface area contributed by atoms with E-state index >= 15 is 0 Å². The van der Waals surface area contributed by atoms with Crippen molar-refractivity contribution in [3.8, 4) is 5.75 Å². The largest absolute Gasteiger partial charge is 0.872 e. The van der Waals surface area contributed by atoms with Gasteiger partial charge in [-0.3, -0.25) is 9.59 Å². The molecule has 0 saturated carbocycles. The van der Waals surface area contributed by atoms with Gasteiger partial charge in [-0.25, -0.2) is 4.39 Å². The van der Waals surface area contributed by atoms with Crippen LogP contribution < -0.4 is 14.7 Å². The first-order valence-electron chi connectivity index (χ1n) is 12.1. The molecule has 1 heterocycles. The molecular formula is C28H35FN2O4. The number of quaternary nitrogens is 1. The summed E-state index contributed by atoms with van der Waals surface area (Å²) in [5.41, 5.74) is 1.68. The number of nitrogens with zero attached hydrogens (tertiary/aromatic N) is 1.